The van der Waals surface area contributed by atoms with E-state index in [9.17, 15) is 29.4 Å². The number of Topliss-reactive ketones (excluding diaryl/α,β-unsaturated/α-hetero) is 1. The fraction of sp³-hybridized carbons (Fsp3) is 0.647. The Morgan fingerprint density at radius 3 is 2.51 bits per heavy atom. The second-order valence-corrected chi connectivity index (χ2v) is 13.5. The van der Waals surface area contributed by atoms with Crippen molar-refractivity contribution < 1.29 is 38.9 Å². The monoisotopic (exact) mass is 595 g/mol. The summed E-state index contributed by atoms with van der Waals surface area (Å²) in [5.41, 5.74) is -0.620. The van der Waals surface area contributed by atoms with E-state index in [0.717, 1.165) is 36.1 Å². The fourth-order valence-corrected chi connectivity index (χ4v) is 8.93. The third-order valence-corrected chi connectivity index (χ3v) is 11.3. The molecule has 5 rings (SSSR count). The molecule has 1 amide bonds. The Bertz CT molecular complexity index is 1290. The third kappa shape index (κ3) is 5.78. The molecule has 0 saturated heterocycles. The van der Waals surface area contributed by atoms with Crippen molar-refractivity contribution in [2.45, 2.75) is 89.8 Å². The van der Waals surface area contributed by atoms with E-state index in [0.29, 0.717) is 25.8 Å². The molecule has 9 heteroatoms. The van der Waals surface area contributed by atoms with E-state index < -0.39 is 35.5 Å². The lowest BCUT2D eigenvalue weighted by molar-refractivity contribution is -0.184. The summed E-state index contributed by atoms with van der Waals surface area (Å²) in [6.45, 7) is 3.93. The summed E-state index contributed by atoms with van der Waals surface area (Å²) in [7, 11) is 1.60. The van der Waals surface area contributed by atoms with Crippen LogP contribution in [-0.4, -0.2) is 65.6 Å². The fourth-order valence-electron chi connectivity index (χ4n) is 8.93. The molecular formula is C34H45NO8. The molecule has 3 N–H and O–H groups in total. The first-order valence-corrected chi connectivity index (χ1v) is 15.6. The van der Waals surface area contributed by atoms with Gasteiger partial charge in [0.2, 0.25) is 11.7 Å². The van der Waals surface area contributed by atoms with Gasteiger partial charge in [0.25, 0.3) is 0 Å². The van der Waals surface area contributed by atoms with Crippen LogP contribution in [0.1, 0.15) is 77.2 Å². The number of methoxy groups -OCH3 is 1. The smallest absolute Gasteiger partial charge is 0.306 e. The van der Waals surface area contributed by atoms with Crippen molar-refractivity contribution in [1.82, 2.24) is 5.32 Å². The lowest BCUT2D eigenvalue weighted by atomic mass is 9.45. The van der Waals surface area contributed by atoms with Crippen LogP contribution in [0.4, 0.5) is 0 Å². The molecule has 0 bridgehead atoms. The minimum atomic E-state index is -1.71. The third-order valence-electron chi connectivity index (χ3n) is 11.3. The van der Waals surface area contributed by atoms with Gasteiger partial charge in [-0.15, -0.1) is 0 Å². The number of ketones is 2. The van der Waals surface area contributed by atoms with E-state index in [1.54, 1.807) is 13.2 Å². The van der Waals surface area contributed by atoms with Gasteiger partial charge in [-0.3, -0.25) is 19.2 Å². The van der Waals surface area contributed by atoms with Gasteiger partial charge in [0.15, 0.2) is 12.4 Å². The first kappa shape index (κ1) is 31.4. The van der Waals surface area contributed by atoms with E-state index in [1.165, 1.54) is 0 Å². The topological polar surface area (TPSA) is 139 Å². The maximum atomic E-state index is 13.4. The number of hydrogen-bond donors (Lipinski definition) is 3. The van der Waals surface area contributed by atoms with E-state index in [-0.39, 0.29) is 60.5 Å². The average molecular weight is 596 g/mol. The molecule has 0 heterocycles. The minimum absolute atomic E-state index is 0.0173. The molecule has 0 radical (unpaired) electrons. The van der Waals surface area contributed by atoms with Crippen molar-refractivity contribution in [3.63, 3.8) is 0 Å². The molecule has 7 atom stereocenters. The van der Waals surface area contributed by atoms with Crippen molar-refractivity contribution in [1.29, 1.82) is 0 Å². The molecule has 4 aliphatic rings. The molecule has 0 aromatic heterocycles. The number of hydrogen-bond acceptors (Lipinski definition) is 8. The maximum Gasteiger partial charge on any atom is 0.306 e. The molecule has 9 nitrogen and oxygen atoms in total. The molecule has 1 aromatic carbocycles. The van der Waals surface area contributed by atoms with Crippen LogP contribution in [0, 0.1) is 28.6 Å². The van der Waals surface area contributed by atoms with Gasteiger partial charge in [-0.05, 0) is 91.9 Å². The molecule has 3 fully saturated rings. The average Bonchev–Trinajstić information content (AvgIpc) is 3.25. The second-order valence-electron chi connectivity index (χ2n) is 13.5. The molecule has 0 aliphatic heterocycles. The molecule has 234 valence electrons. The van der Waals surface area contributed by atoms with Crippen LogP contribution in [0.2, 0.25) is 0 Å². The summed E-state index contributed by atoms with van der Waals surface area (Å²) in [6.07, 6.45) is 5.50. The summed E-state index contributed by atoms with van der Waals surface area (Å²) < 4.78 is 10.4. The summed E-state index contributed by atoms with van der Waals surface area (Å²) >= 11 is 0. The zero-order valence-corrected chi connectivity index (χ0v) is 25.5. The molecule has 4 aliphatic carbocycles. The quantitative estimate of drug-likeness (QED) is 0.350. The largest absolute Gasteiger partial charge is 0.497 e. The predicted octanol–water partition coefficient (Wildman–Crippen LogP) is 3.48. The molecule has 3 saturated carbocycles. The Labute approximate surface area is 253 Å². The number of aliphatic hydroxyl groups excluding tert-OH is 1. The Kier molecular flexibility index (Phi) is 8.87. The predicted molar refractivity (Wildman–Crippen MR) is 158 cm³/mol. The molecule has 43 heavy (non-hydrogen) atoms. The van der Waals surface area contributed by atoms with Gasteiger partial charge in [0.05, 0.1) is 19.6 Å². The number of allylic oxidation sites excluding steroid dienone is 1. The number of esters is 1. The van der Waals surface area contributed by atoms with Crippen LogP contribution in [0.15, 0.2) is 35.9 Å². The number of benzene rings is 1. The first-order chi connectivity index (χ1) is 20.4. The second kappa shape index (κ2) is 12.2. The number of rotatable bonds is 10. The van der Waals surface area contributed by atoms with Crippen molar-refractivity contribution >= 4 is 23.4 Å². The van der Waals surface area contributed by atoms with Crippen molar-refractivity contribution in [2.24, 2.45) is 28.6 Å². The summed E-state index contributed by atoms with van der Waals surface area (Å²) in [5.74, 6) is -0.424. The van der Waals surface area contributed by atoms with Gasteiger partial charge >= 0.3 is 5.97 Å². The van der Waals surface area contributed by atoms with Gasteiger partial charge in [0.1, 0.15) is 11.4 Å². The lowest BCUT2D eigenvalue weighted by Gasteiger charge is -2.60. The highest BCUT2D eigenvalue weighted by molar-refractivity contribution is 5.92. The van der Waals surface area contributed by atoms with E-state index in [4.69, 9.17) is 9.47 Å². The Morgan fingerprint density at radius 1 is 1.05 bits per heavy atom. The van der Waals surface area contributed by atoms with Crippen LogP contribution in [0.3, 0.4) is 0 Å². The molecular weight excluding hydrogens is 550 g/mol. The summed E-state index contributed by atoms with van der Waals surface area (Å²) in [6, 6.07) is 7.56. The minimum Gasteiger partial charge on any atom is -0.497 e. The van der Waals surface area contributed by atoms with Crippen LogP contribution in [0.25, 0.3) is 0 Å². The first-order valence-electron chi connectivity index (χ1n) is 15.6. The number of nitrogens with one attached hydrogen (secondary N) is 1. The SMILES string of the molecule is COc1ccc(CCNC(=O)CCC(=O)OCC(=O)[C@@]2(O)CC[C@H]3[C@@H]4CCC5=CC(=O)CC[C@]5(C)[C@H]4[C@@H](O)C[C@@]32C)cc1. The number of fused-ring (bicyclic) bond motifs is 5. The van der Waals surface area contributed by atoms with Gasteiger partial charge < -0.3 is 25.0 Å². The highest BCUT2D eigenvalue weighted by Crippen LogP contribution is 2.67. The number of amides is 1. The Balaban J connectivity index is 1.12. The Hall–Kier alpha value is -3.04. The zero-order valence-electron chi connectivity index (χ0n) is 25.5. The van der Waals surface area contributed by atoms with E-state index in [2.05, 4.69) is 12.2 Å². The number of ether oxygens (including phenoxy) is 2. The normalized spacial score (nSPS) is 34.7. The van der Waals surface area contributed by atoms with Crippen LogP contribution in [-0.2, 0) is 30.3 Å². The van der Waals surface area contributed by atoms with Gasteiger partial charge in [-0.1, -0.05) is 31.6 Å². The van der Waals surface area contributed by atoms with Crippen LogP contribution < -0.4 is 10.1 Å². The molecule has 1 aromatic rings. The van der Waals surface area contributed by atoms with Crippen LogP contribution in [0.5, 0.6) is 5.75 Å². The van der Waals surface area contributed by atoms with E-state index >= 15 is 0 Å². The maximum absolute atomic E-state index is 13.4. The Morgan fingerprint density at radius 2 is 1.79 bits per heavy atom. The summed E-state index contributed by atoms with van der Waals surface area (Å²) in [5, 5.41) is 26.1. The van der Waals surface area contributed by atoms with Gasteiger partial charge in [-0.2, -0.15) is 0 Å². The lowest BCUT2D eigenvalue weighted by Crippen LogP contribution is -2.62. The van der Waals surface area contributed by atoms with Crippen molar-refractivity contribution in [3.05, 3.63) is 41.5 Å². The number of carbonyl (C=O) groups excluding carboxylic acids is 4. The molecule has 0 unspecified atom stereocenters. The standard InChI is InChI=1S/C34H45NO8/c1-32-15-12-23(36)18-22(32)6-9-25-26-13-16-34(41,33(26,2)19-27(37)31(25)32)28(38)20-43-30(40)11-10-29(39)35-17-14-21-4-7-24(42-3)8-5-21/h4-5,7-8,18,25-27,31,37,41H,6,9-17,19-20H2,1-3H3,(H,35,39)/t25-,26-,27-,31+,32-,33-,34-/m0/s1. The van der Waals surface area contributed by atoms with Crippen molar-refractivity contribution in [3.8, 4) is 5.75 Å². The highest BCUT2D eigenvalue weighted by atomic mass is 16.5. The van der Waals surface area contributed by atoms with E-state index in [1.807, 2.05) is 31.2 Å². The number of aliphatic hydroxyl groups is 2. The number of carbonyl (C=O) groups is 4. The zero-order chi connectivity index (χ0) is 31.0. The van der Waals surface area contributed by atoms with Gasteiger partial charge in [0, 0.05) is 24.8 Å². The van der Waals surface area contributed by atoms with Gasteiger partial charge in [-0.25, -0.2) is 0 Å². The van der Waals surface area contributed by atoms with Crippen LogP contribution >= 0.6 is 0 Å². The highest BCUT2D eigenvalue weighted by Gasteiger charge is 2.68. The molecule has 0 spiro atoms. The van der Waals surface area contributed by atoms with Crippen molar-refractivity contribution in [2.75, 3.05) is 20.3 Å². The summed E-state index contributed by atoms with van der Waals surface area (Å²) in [4.78, 5) is 50.2.